The SMILES string of the molecule is Nc1ccc2c(c1)CCCN2C(=O)Cc1ccc(F)cc1. The highest BCUT2D eigenvalue weighted by Crippen LogP contribution is 2.29. The highest BCUT2D eigenvalue weighted by atomic mass is 19.1. The number of nitrogens with two attached hydrogens (primary N) is 1. The van der Waals surface area contributed by atoms with E-state index in [1.165, 1.54) is 12.1 Å². The Hall–Kier alpha value is -2.36. The fourth-order valence-electron chi connectivity index (χ4n) is 2.75. The minimum atomic E-state index is -0.287. The Morgan fingerprint density at radius 2 is 1.95 bits per heavy atom. The molecule has 21 heavy (non-hydrogen) atoms. The van der Waals surface area contributed by atoms with Gasteiger partial charge in [-0.1, -0.05) is 12.1 Å². The molecule has 108 valence electrons. The average molecular weight is 284 g/mol. The fourth-order valence-corrected chi connectivity index (χ4v) is 2.75. The lowest BCUT2D eigenvalue weighted by Gasteiger charge is -2.29. The number of aryl methyl sites for hydroxylation is 1. The highest BCUT2D eigenvalue weighted by Gasteiger charge is 2.22. The van der Waals surface area contributed by atoms with Gasteiger partial charge in [-0.05, 0) is 54.3 Å². The molecule has 0 fully saturated rings. The summed E-state index contributed by atoms with van der Waals surface area (Å²) in [5, 5.41) is 0. The van der Waals surface area contributed by atoms with Crippen LogP contribution in [0.5, 0.6) is 0 Å². The molecule has 1 aliphatic heterocycles. The van der Waals surface area contributed by atoms with Crippen molar-refractivity contribution in [2.24, 2.45) is 0 Å². The maximum atomic E-state index is 12.9. The average Bonchev–Trinajstić information content (AvgIpc) is 2.48. The van der Waals surface area contributed by atoms with E-state index in [1.807, 2.05) is 23.1 Å². The van der Waals surface area contributed by atoms with Crippen molar-refractivity contribution in [3.8, 4) is 0 Å². The summed E-state index contributed by atoms with van der Waals surface area (Å²) in [5.74, 6) is -0.252. The van der Waals surface area contributed by atoms with Crippen LogP contribution in [0.25, 0.3) is 0 Å². The molecule has 0 aromatic heterocycles. The number of halogens is 1. The summed E-state index contributed by atoms with van der Waals surface area (Å²) in [5.41, 5.74) is 9.41. The smallest absolute Gasteiger partial charge is 0.231 e. The van der Waals surface area contributed by atoms with Crippen LogP contribution in [0.1, 0.15) is 17.5 Å². The van der Waals surface area contributed by atoms with Crippen molar-refractivity contribution in [2.75, 3.05) is 17.2 Å². The lowest BCUT2D eigenvalue weighted by Crippen LogP contribution is -2.36. The first-order valence-corrected chi connectivity index (χ1v) is 7.07. The highest BCUT2D eigenvalue weighted by molar-refractivity contribution is 5.96. The van der Waals surface area contributed by atoms with Crippen molar-refractivity contribution in [3.05, 3.63) is 59.4 Å². The summed E-state index contributed by atoms with van der Waals surface area (Å²) in [6, 6.07) is 11.7. The molecule has 1 heterocycles. The van der Waals surface area contributed by atoms with Gasteiger partial charge in [0.05, 0.1) is 6.42 Å². The number of hydrogen-bond acceptors (Lipinski definition) is 2. The van der Waals surface area contributed by atoms with E-state index in [4.69, 9.17) is 5.73 Å². The van der Waals surface area contributed by atoms with E-state index in [0.717, 1.165) is 41.9 Å². The van der Waals surface area contributed by atoms with Gasteiger partial charge in [0.2, 0.25) is 5.91 Å². The largest absolute Gasteiger partial charge is 0.399 e. The lowest BCUT2D eigenvalue weighted by atomic mass is 10.00. The molecule has 3 rings (SSSR count). The first-order chi connectivity index (χ1) is 10.1. The van der Waals surface area contributed by atoms with Crippen molar-refractivity contribution in [1.82, 2.24) is 0 Å². The predicted octanol–water partition coefficient (Wildman–Crippen LogP) is 2.93. The Morgan fingerprint density at radius 1 is 1.19 bits per heavy atom. The van der Waals surface area contributed by atoms with Gasteiger partial charge in [-0.3, -0.25) is 4.79 Å². The van der Waals surface area contributed by atoms with Crippen LogP contribution < -0.4 is 10.6 Å². The maximum Gasteiger partial charge on any atom is 0.231 e. The summed E-state index contributed by atoms with van der Waals surface area (Å²) >= 11 is 0. The first-order valence-electron chi connectivity index (χ1n) is 7.07. The van der Waals surface area contributed by atoms with Gasteiger partial charge in [0, 0.05) is 17.9 Å². The van der Waals surface area contributed by atoms with E-state index >= 15 is 0 Å². The molecule has 2 N–H and O–H groups in total. The third-order valence-electron chi connectivity index (χ3n) is 3.79. The van der Waals surface area contributed by atoms with Gasteiger partial charge >= 0.3 is 0 Å². The van der Waals surface area contributed by atoms with Gasteiger partial charge in [-0.15, -0.1) is 0 Å². The number of hydrogen-bond donors (Lipinski definition) is 1. The maximum absolute atomic E-state index is 12.9. The van der Waals surface area contributed by atoms with Gasteiger partial charge < -0.3 is 10.6 Å². The van der Waals surface area contributed by atoms with Gasteiger partial charge in [0.1, 0.15) is 5.82 Å². The molecular weight excluding hydrogens is 267 g/mol. The minimum Gasteiger partial charge on any atom is -0.399 e. The Kier molecular flexibility index (Phi) is 3.60. The molecule has 0 unspecified atom stereocenters. The van der Waals surface area contributed by atoms with Crippen molar-refractivity contribution in [2.45, 2.75) is 19.3 Å². The number of rotatable bonds is 2. The first kappa shape index (κ1) is 13.6. The predicted molar refractivity (Wildman–Crippen MR) is 81.6 cm³/mol. The number of anilines is 2. The van der Waals surface area contributed by atoms with E-state index in [2.05, 4.69) is 0 Å². The molecular formula is C17H17FN2O. The number of fused-ring (bicyclic) bond motifs is 1. The number of carbonyl (C=O) groups is 1. The molecule has 4 heteroatoms. The zero-order chi connectivity index (χ0) is 14.8. The summed E-state index contributed by atoms with van der Waals surface area (Å²) in [6.45, 7) is 0.719. The van der Waals surface area contributed by atoms with Crippen molar-refractivity contribution in [3.63, 3.8) is 0 Å². The second-order valence-corrected chi connectivity index (χ2v) is 5.34. The minimum absolute atomic E-state index is 0.0346. The Labute approximate surface area is 123 Å². The standard InChI is InChI=1S/C17H17FN2O/c18-14-5-3-12(4-6-14)10-17(21)20-9-1-2-13-11-15(19)7-8-16(13)20/h3-8,11H,1-2,9-10,19H2. The third kappa shape index (κ3) is 2.89. The number of nitrogen functional groups attached to an aromatic ring is 1. The normalized spacial score (nSPS) is 13.9. The molecule has 2 aromatic carbocycles. The Bertz CT molecular complexity index is 667. The molecule has 0 saturated carbocycles. The summed E-state index contributed by atoms with van der Waals surface area (Å²) in [6.07, 6.45) is 2.16. The fraction of sp³-hybridized carbons (Fsp3) is 0.235. The van der Waals surface area contributed by atoms with Crippen LogP contribution in [-0.2, 0) is 17.6 Å². The molecule has 0 spiro atoms. The number of carbonyl (C=O) groups excluding carboxylic acids is 1. The third-order valence-corrected chi connectivity index (χ3v) is 3.79. The molecule has 0 atom stereocenters. The van der Waals surface area contributed by atoms with Gasteiger partial charge in [0.15, 0.2) is 0 Å². The quantitative estimate of drug-likeness (QED) is 0.862. The monoisotopic (exact) mass is 284 g/mol. The van der Waals surface area contributed by atoms with Crippen LogP contribution in [-0.4, -0.2) is 12.5 Å². The second-order valence-electron chi connectivity index (χ2n) is 5.34. The topological polar surface area (TPSA) is 46.3 Å². The molecule has 1 aliphatic rings. The molecule has 3 nitrogen and oxygen atoms in total. The Balaban J connectivity index is 1.81. The van der Waals surface area contributed by atoms with Gasteiger partial charge in [-0.25, -0.2) is 4.39 Å². The van der Waals surface area contributed by atoms with Crippen LogP contribution in [0, 0.1) is 5.82 Å². The van der Waals surface area contributed by atoms with E-state index < -0.39 is 0 Å². The molecule has 0 bridgehead atoms. The van der Waals surface area contributed by atoms with Gasteiger partial charge in [-0.2, -0.15) is 0 Å². The molecule has 0 radical (unpaired) electrons. The van der Waals surface area contributed by atoms with Gasteiger partial charge in [0.25, 0.3) is 0 Å². The van der Waals surface area contributed by atoms with E-state index in [1.54, 1.807) is 12.1 Å². The van der Waals surface area contributed by atoms with Crippen LogP contribution in [0.2, 0.25) is 0 Å². The number of nitrogens with zero attached hydrogens (tertiary/aromatic N) is 1. The summed E-state index contributed by atoms with van der Waals surface area (Å²) in [4.78, 5) is 14.3. The van der Waals surface area contributed by atoms with Crippen LogP contribution in [0.4, 0.5) is 15.8 Å². The van der Waals surface area contributed by atoms with Crippen molar-refractivity contribution >= 4 is 17.3 Å². The summed E-state index contributed by atoms with van der Waals surface area (Å²) < 4.78 is 12.9. The van der Waals surface area contributed by atoms with E-state index in [9.17, 15) is 9.18 Å². The van der Waals surface area contributed by atoms with Crippen molar-refractivity contribution < 1.29 is 9.18 Å². The zero-order valence-corrected chi connectivity index (χ0v) is 11.7. The van der Waals surface area contributed by atoms with Crippen LogP contribution in [0.15, 0.2) is 42.5 Å². The van der Waals surface area contributed by atoms with Crippen LogP contribution in [0.3, 0.4) is 0 Å². The van der Waals surface area contributed by atoms with Crippen LogP contribution >= 0.6 is 0 Å². The molecule has 0 aliphatic carbocycles. The number of benzene rings is 2. The van der Waals surface area contributed by atoms with Crippen molar-refractivity contribution in [1.29, 1.82) is 0 Å². The number of amides is 1. The lowest BCUT2D eigenvalue weighted by molar-refractivity contribution is -0.118. The Morgan fingerprint density at radius 3 is 2.71 bits per heavy atom. The second kappa shape index (κ2) is 5.56. The summed E-state index contributed by atoms with van der Waals surface area (Å²) in [7, 11) is 0. The van der Waals surface area contributed by atoms with E-state index in [-0.39, 0.29) is 18.1 Å². The molecule has 2 aromatic rings. The molecule has 1 amide bonds. The van der Waals surface area contributed by atoms with E-state index in [0.29, 0.717) is 0 Å². The molecule has 0 saturated heterocycles. The zero-order valence-electron chi connectivity index (χ0n) is 11.7.